The van der Waals surface area contributed by atoms with Gasteiger partial charge >= 0.3 is 0 Å². The number of nitrogens with two attached hydrogens (primary N) is 1. The summed E-state index contributed by atoms with van der Waals surface area (Å²) in [6.07, 6.45) is 0. The summed E-state index contributed by atoms with van der Waals surface area (Å²) in [6, 6.07) is 3.85. The van der Waals surface area contributed by atoms with Crippen LogP contribution in [0.15, 0.2) is 22.7 Å². The van der Waals surface area contributed by atoms with Crippen molar-refractivity contribution in [1.82, 2.24) is 10.1 Å². The molecule has 2 N–H and O–H groups in total. The molecule has 1 heterocycles. The second kappa shape index (κ2) is 5.11. The van der Waals surface area contributed by atoms with Crippen LogP contribution in [-0.2, 0) is 13.2 Å². The number of rotatable bonds is 4. The minimum absolute atomic E-state index is 0.0782. The second-order valence-electron chi connectivity index (χ2n) is 3.17. The van der Waals surface area contributed by atoms with E-state index in [-0.39, 0.29) is 18.2 Å². The summed E-state index contributed by atoms with van der Waals surface area (Å²) in [5, 5.41) is 3.83. The van der Waals surface area contributed by atoms with Gasteiger partial charge in [-0.3, -0.25) is 0 Å². The number of nitrogens with zero attached hydrogens (tertiary/aromatic N) is 2. The summed E-state index contributed by atoms with van der Waals surface area (Å²) < 4.78 is 22.9. The van der Waals surface area contributed by atoms with Crippen molar-refractivity contribution in [3.05, 3.63) is 40.8 Å². The Morgan fingerprint density at radius 1 is 1.47 bits per heavy atom. The lowest BCUT2D eigenvalue weighted by Crippen LogP contribution is -2.00. The van der Waals surface area contributed by atoms with Crippen molar-refractivity contribution in [2.24, 2.45) is 5.73 Å². The van der Waals surface area contributed by atoms with Gasteiger partial charge < -0.3 is 15.0 Å². The molecule has 0 aliphatic rings. The zero-order chi connectivity index (χ0) is 12.3. The van der Waals surface area contributed by atoms with E-state index in [9.17, 15) is 4.39 Å². The van der Waals surface area contributed by atoms with Crippen LogP contribution < -0.4 is 10.5 Å². The SMILES string of the molecule is NCc1nc(COc2ccc(F)cc2Cl)no1. The van der Waals surface area contributed by atoms with E-state index < -0.39 is 5.82 Å². The number of hydrogen-bond donors (Lipinski definition) is 1. The van der Waals surface area contributed by atoms with Crippen LogP contribution in [0.1, 0.15) is 11.7 Å². The summed E-state index contributed by atoms with van der Waals surface area (Å²) in [5.74, 6) is 0.610. The van der Waals surface area contributed by atoms with E-state index in [1.165, 1.54) is 18.2 Å². The normalized spacial score (nSPS) is 10.5. The van der Waals surface area contributed by atoms with E-state index in [0.29, 0.717) is 17.5 Å². The molecule has 90 valence electrons. The first-order valence-corrected chi connectivity index (χ1v) is 5.16. The van der Waals surface area contributed by atoms with Crippen LogP contribution in [0.3, 0.4) is 0 Å². The molecular formula is C10H9ClFN3O2. The highest BCUT2D eigenvalue weighted by molar-refractivity contribution is 6.32. The number of hydrogen-bond acceptors (Lipinski definition) is 5. The van der Waals surface area contributed by atoms with Crippen molar-refractivity contribution in [3.63, 3.8) is 0 Å². The van der Waals surface area contributed by atoms with Gasteiger partial charge in [-0.25, -0.2) is 4.39 Å². The van der Waals surface area contributed by atoms with Crippen molar-refractivity contribution in [3.8, 4) is 5.75 Å². The average Bonchev–Trinajstić information content (AvgIpc) is 2.76. The molecule has 0 amide bonds. The van der Waals surface area contributed by atoms with E-state index in [1.807, 2.05) is 0 Å². The summed E-state index contributed by atoms with van der Waals surface area (Å²) in [6.45, 7) is 0.249. The Labute approximate surface area is 101 Å². The first-order valence-electron chi connectivity index (χ1n) is 4.78. The lowest BCUT2D eigenvalue weighted by Gasteiger charge is -2.04. The van der Waals surface area contributed by atoms with Crippen LogP contribution in [0, 0.1) is 5.82 Å². The number of halogens is 2. The fraction of sp³-hybridized carbons (Fsp3) is 0.200. The largest absolute Gasteiger partial charge is 0.484 e. The lowest BCUT2D eigenvalue weighted by atomic mass is 10.3. The van der Waals surface area contributed by atoms with Crippen LogP contribution in [0.25, 0.3) is 0 Å². The van der Waals surface area contributed by atoms with Gasteiger partial charge in [0, 0.05) is 0 Å². The molecular weight excluding hydrogens is 249 g/mol. The van der Waals surface area contributed by atoms with Gasteiger partial charge in [0.25, 0.3) is 0 Å². The molecule has 0 aliphatic heterocycles. The topological polar surface area (TPSA) is 74.2 Å². The highest BCUT2D eigenvalue weighted by Crippen LogP contribution is 2.25. The minimum Gasteiger partial charge on any atom is -0.484 e. The predicted octanol–water partition coefficient (Wildman–Crippen LogP) is 1.90. The first-order chi connectivity index (χ1) is 8.19. The molecule has 2 aromatic rings. The molecule has 0 radical (unpaired) electrons. The monoisotopic (exact) mass is 257 g/mol. The molecule has 7 heteroatoms. The Morgan fingerprint density at radius 2 is 2.29 bits per heavy atom. The Kier molecular flexibility index (Phi) is 3.55. The molecule has 1 aromatic carbocycles. The molecule has 5 nitrogen and oxygen atoms in total. The molecule has 0 fully saturated rings. The number of ether oxygens (including phenoxy) is 1. The average molecular weight is 258 g/mol. The lowest BCUT2D eigenvalue weighted by molar-refractivity contribution is 0.285. The molecule has 0 saturated heterocycles. The van der Waals surface area contributed by atoms with Gasteiger partial charge in [0.15, 0.2) is 6.61 Å². The highest BCUT2D eigenvalue weighted by atomic mass is 35.5. The fourth-order valence-electron chi connectivity index (χ4n) is 1.17. The van der Waals surface area contributed by atoms with Crippen molar-refractivity contribution < 1.29 is 13.7 Å². The summed E-state index contributed by atoms with van der Waals surface area (Å²) in [4.78, 5) is 3.95. The zero-order valence-electron chi connectivity index (χ0n) is 8.69. The number of benzene rings is 1. The first kappa shape index (κ1) is 11.8. The Balaban J connectivity index is 2.02. The van der Waals surface area contributed by atoms with Gasteiger partial charge in [0.2, 0.25) is 11.7 Å². The van der Waals surface area contributed by atoms with Crippen molar-refractivity contribution in [2.45, 2.75) is 13.2 Å². The van der Waals surface area contributed by atoms with Crippen LogP contribution in [0.4, 0.5) is 4.39 Å². The summed E-state index contributed by atoms with van der Waals surface area (Å²) >= 11 is 5.78. The Hall–Kier alpha value is -1.66. The second-order valence-corrected chi connectivity index (χ2v) is 3.58. The van der Waals surface area contributed by atoms with Crippen LogP contribution in [-0.4, -0.2) is 10.1 Å². The zero-order valence-corrected chi connectivity index (χ0v) is 9.45. The number of aromatic nitrogens is 2. The van der Waals surface area contributed by atoms with E-state index in [2.05, 4.69) is 10.1 Å². The fourth-order valence-corrected chi connectivity index (χ4v) is 1.39. The Bertz CT molecular complexity index is 518. The molecule has 0 aliphatic carbocycles. The molecule has 0 spiro atoms. The highest BCUT2D eigenvalue weighted by Gasteiger charge is 2.07. The quantitative estimate of drug-likeness (QED) is 0.905. The molecule has 0 bridgehead atoms. The minimum atomic E-state index is -0.424. The van der Waals surface area contributed by atoms with Gasteiger partial charge in [-0.1, -0.05) is 16.8 Å². The third-order valence-corrected chi connectivity index (χ3v) is 2.23. The molecule has 0 unspecified atom stereocenters. The van der Waals surface area contributed by atoms with Crippen molar-refractivity contribution in [2.75, 3.05) is 0 Å². The van der Waals surface area contributed by atoms with Crippen LogP contribution in [0.2, 0.25) is 5.02 Å². The third-order valence-electron chi connectivity index (χ3n) is 1.94. The standard InChI is InChI=1S/C10H9ClFN3O2/c11-7-3-6(12)1-2-8(7)16-5-9-14-10(4-13)17-15-9/h1-3H,4-5,13H2. The van der Waals surface area contributed by atoms with Crippen molar-refractivity contribution >= 4 is 11.6 Å². The maximum Gasteiger partial charge on any atom is 0.240 e. The molecule has 0 saturated carbocycles. The third kappa shape index (κ3) is 2.92. The molecule has 0 atom stereocenters. The van der Waals surface area contributed by atoms with E-state index in [1.54, 1.807) is 0 Å². The molecule has 1 aromatic heterocycles. The van der Waals surface area contributed by atoms with Gasteiger partial charge in [0.1, 0.15) is 11.6 Å². The Morgan fingerprint density at radius 3 is 2.94 bits per heavy atom. The smallest absolute Gasteiger partial charge is 0.240 e. The van der Waals surface area contributed by atoms with E-state index in [4.69, 9.17) is 26.6 Å². The molecule has 2 rings (SSSR count). The van der Waals surface area contributed by atoms with E-state index >= 15 is 0 Å². The predicted molar refractivity (Wildman–Crippen MR) is 57.9 cm³/mol. The molecule has 17 heavy (non-hydrogen) atoms. The van der Waals surface area contributed by atoms with Crippen LogP contribution in [0.5, 0.6) is 5.75 Å². The summed E-state index contributed by atoms with van der Waals surface area (Å²) in [7, 11) is 0. The maximum absolute atomic E-state index is 12.8. The van der Waals surface area contributed by atoms with Gasteiger partial charge in [-0.2, -0.15) is 4.98 Å². The van der Waals surface area contributed by atoms with Gasteiger partial charge in [-0.15, -0.1) is 0 Å². The van der Waals surface area contributed by atoms with E-state index in [0.717, 1.165) is 0 Å². The summed E-state index contributed by atoms with van der Waals surface area (Å²) in [5.41, 5.74) is 5.31. The van der Waals surface area contributed by atoms with Gasteiger partial charge in [0.05, 0.1) is 11.6 Å². The maximum atomic E-state index is 12.8. The van der Waals surface area contributed by atoms with Crippen LogP contribution >= 0.6 is 11.6 Å². The van der Waals surface area contributed by atoms with Gasteiger partial charge in [-0.05, 0) is 18.2 Å². The van der Waals surface area contributed by atoms with Crippen molar-refractivity contribution in [1.29, 1.82) is 0 Å².